The summed E-state index contributed by atoms with van der Waals surface area (Å²) in [6, 6.07) is 10.4. The summed E-state index contributed by atoms with van der Waals surface area (Å²) in [5.41, 5.74) is 2.21. The van der Waals surface area contributed by atoms with E-state index in [9.17, 15) is 5.11 Å². The number of rotatable bonds is 5. The number of aliphatic hydroxyl groups excluding tert-OH is 1. The lowest BCUT2D eigenvalue weighted by Crippen LogP contribution is -2.36. The molecule has 0 spiro atoms. The Morgan fingerprint density at radius 1 is 1.12 bits per heavy atom. The number of benzene rings is 1. The van der Waals surface area contributed by atoms with E-state index in [4.69, 9.17) is 4.74 Å². The molecule has 1 unspecified atom stereocenters. The van der Waals surface area contributed by atoms with Crippen LogP contribution in [0.25, 0.3) is 0 Å². The van der Waals surface area contributed by atoms with Gasteiger partial charge in [0.05, 0.1) is 25.9 Å². The maximum Gasteiger partial charge on any atom is 0.227 e. The average Bonchev–Trinajstić information content (AvgIpc) is 3.18. The van der Waals surface area contributed by atoms with Crippen LogP contribution in [0, 0.1) is 0 Å². The minimum atomic E-state index is 0.123. The third-order valence-electron chi connectivity index (χ3n) is 5.00. The number of hydrogen-bond donors (Lipinski definition) is 2. The van der Waals surface area contributed by atoms with Crippen molar-refractivity contribution < 1.29 is 9.84 Å². The summed E-state index contributed by atoms with van der Waals surface area (Å²) in [6.07, 6.45) is 3.81. The van der Waals surface area contributed by atoms with E-state index in [-0.39, 0.29) is 12.6 Å². The molecule has 0 radical (unpaired) electrons. The van der Waals surface area contributed by atoms with E-state index in [1.54, 1.807) is 6.20 Å². The number of morpholine rings is 1. The molecule has 2 aromatic rings. The molecule has 2 aliphatic rings. The molecule has 0 aliphatic carbocycles. The number of nitrogens with zero attached hydrogens (tertiary/aromatic N) is 4. The van der Waals surface area contributed by atoms with Gasteiger partial charge in [-0.15, -0.1) is 0 Å². The summed E-state index contributed by atoms with van der Waals surface area (Å²) in [6.45, 7) is 4.48. The molecule has 1 aromatic carbocycles. The van der Waals surface area contributed by atoms with E-state index in [1.165, 1.54) is 5.69 Å². The van der Waals surface area contributed by atoms with Gasteiger partial charge in [0.1, 0.15) is 5.82 Å². The zero-order valence-corrected chi connectivity index (χ0v) is 14.8. The van der Waals surface area contributed by atoms with Crippen LogP contribution in [0.2, 0.25) is 0 Å². The van der Waals surface area contributed by atoms with Gasteiger partial charge in [0.2, 0.25) is 5.95 Å². The van der Waals surface area contributed by atoms with Gasteiger partial charge in [-0.1, -0.05) is 0 Å². The van der Waals surface area contributed by atoms with Crippen molar-refractivity contribution in [2.45, 2.75) is 18.9 Å². The first-order valence-corrected chi connectivity index (χ1v) is 9.24. The van der Waals surface area contributed by atoms with Gasteiger partial charge in [0.15, 0.2) is 0 Å². The fourth-order valence-corrected chi connectivity index (χ4v) is 3.57. The van der Waals surface area contributed by atoms with Gasteiger partial charge in [-0.2, -0.15) is 4.98 Å². The summed E-state index contributed by atoms with van der Waals surface area (Å²) in [5.74, 6) is 1.44. The number of ether oxygens (including phenoxy) is 1. The Balaban J connectivity index is 1.44. The van der Waals surface area contributed by atoms with Gasteiger partial charge in [0, 0.05) is 37.2 Å². The second kappa shape index (κ2) is 7.88. The summed E-state index contributed by atoms with van der Waals surface area (Å²) < 4.78 is 5.41. The van der Waals surface area contributed by atoms with E-state index >= 15 is 0 Å². The highest BCUT2D eigenvalue weighted by molar-refractivity contribution is 5.61. The maximum atomic E-state index is 9.51. The Bertz CT molecular complexity index is 718. The first-order chi connectivity index (χ1) is 12.8. The first kappa shape index (κ1) is 17.1. The molecular weight excluding hydrogens is 330 g/mol. The normalized spacial score (nSPS) is 20.4. The summed E-state index contributed by atoms with van der Waals surface area (Å²) in [7, 11) is 0. The Morgan fingerprint density at radius 3 is 2.69 bits per heavy atom. The van der Waals surface area contributed by atoms with Crippen LogP contribution in [0.3, 0.4) is 0 Å². The average molecular weight is 355 g/mol. The summed E-state index contributed by atoms with van der Waals surface area (Å²) >= 11 is 0. The van der Waals surface area contributed by atoms with Gasteiger partial charge in [0.25, 0.3) is 0 Å². The van der Waals surface area contributed by atoms with Crippen LogP contribution in [0.5, 0.6) is 0 Å². The lowest BCUT2D eigenvalue weighted by atomic mass is 10.2. The molecule has 0 bridgehead atoms. The van der Waals surface area contributed by atoms with Crippen LogP contribution >= 0.6 is 0 Å². The van der Waals surface area contributed by atoms with Crippen molar-refractivity contribution in [3.05, 3.63) is 36.5 Å². The van der Waals surface area contributed by atoms with Gasteiger partial charge in [-0.05, 0) is 43.2 Å². The minimum Gasteiger partial charge on any atom is -0.394 e. The number of aliphatic hydroxyl groups is 1. The van der Waals surface area contributed by atoms with E-state index in [0.717, 1.165) is 57.2 Å². The minimum absolute atomic E-state index is 0.123. The third-order valence-corrected chi connectivity index (χ3v) is 5.00. The predicted octanol–water partition coefficient (Wildman–Crippen LogP) is 2.02. The quantitative estimate of drug-likeness (QED) is 0.850. The van der Waals surface area contributed by atoms with E-state index in [1.807, 2.05) is 6.07 Å². The highest BCUT2D eigenvalue weighted by atomic mass is 16.5. The fraction of sp³-hybridized carbons (Fsp3) is 0.474. The molecule has 2 fully saturated rings. The standard InChI is InChI=1S/C19H25N5O2/c25-14-17-2-1-9-24(17)19-20-8-7-18(22-19)21-15-3-5-16(6-4-15)23-10-12-26-13-11-23/h3-8,17,25H,1-2,9-14H2,(H,20,21,22). The fourth-order valence-electron chi connectivity index (χ4n) is 3.57. The molecule has 26 heavy (non-hydrogen) atoms. The van der Waals surface area contributed by atoms with Gasteiger partial charge in [-0.25, -0.2) is 4.98 Å². The smallest absolute Gasteiger partial charge is 0.227 e. The molecular formula is C19H25N5O2. The summed E-state index contributed by atoms with van der Waals surface area (Å²) in [4.78, 5) is 13.4. The Hall–Kier alpha value is -2.38. The molecule has 1 aromatic heterocycles. The Labute approximate surface area is 153 Å². The molecule has 0 saturated carbocycles. The molecule has 0 amide bonds. The highest BCUT2D eigenvalue weighted by Gasteiger charge is 2.26. The molecule has 1 atom stereocenters. The molecule has 4 rings (SSSR count). The zero-order valence-electron chi connectivity index (χ0n) is 14.8. The van der Waals surface area contributed by atoms with Crippen LogP contribution in [0.15, 0.2) is 36.5 Å². The second-order valence-corrected chi connectivity index (χ2v) is 6.69. The van der Waals surface area contributed by atoms with Crippen molar-refractivity contribution >= 4 is 23.1 Å². The third kappa shape index (κ3) is 3.73. The maximum absolute atomic E-state index is 9.51. The second-order valence-electron chi connectivity index (χ2n) is 6.69. The lowest BCUT2D eigenvalue weighted by Gasteiger charge is -2.29. The van der Waals surface area contributed by atoms with Crippen LogP contribution in [0.4, 0.5) is 23.1 Å². The van der Waals surface area contributed by atoms with Crippen molar-refractivity contribution in [1.29, 1.82) is 0 Å². The van der Waals surface area contributed by atoms with Crippen LogP contribution in [-0.2, 0) is 4.74 Å². The van der Waals surface area contributed by atoms with E-state index in [0.29, 0.717) is 5.95 Å². The van der Waals surface area contributed by atoms with E-state index in [2.05, 4.69) is 49.4 Å². The largest absolute Gasteiger partial charge is 0.394 e. The molecule has 2 aliphatic heterocycles. The number of hydrogen-bond acceptors (Lipinski definition) is 7. The van der Waals surface area contributed by atoms with Gasteiger partial charge >= 0.3 is 0 Å². The van der Waals surface area contributed by atoms with Crippen LogP contribution < -0.4 is 15.1 Å². The van der Waals surface area contributed by atoms with Crippen LogP contribution in [-0.4, -0.2) is 60.6 Å². The molecule has 2 saturated heterocycles. The number of nitrogens with one attached hydrogen (secondary N) is 1. The van der Waals surface area contributed by atoms with Gasteiger partial charge < -0.3 is 25.0 Å². The SMILES string of the molecule is OCC1CCCN1c1nccc(Nc2ccc(N3CCOCC3)cc2)n1. The van der Waals surface area contributed by atoms with Crippen molar-refractivity contribution in [2.24, 2.45) is 0 Å². The van der Waals surface area contributed by atoms with Crippen molar-refractivity contribution in [1.82, 2.24) is 9.97 Å². The zero-order chi connectivity index (χ0) is 17.8. The molecule has 7 heteroatoms. The molecule has 2 N–H and O–H groups in total. The number of anilines is 4. The lowest BCUT2D eigenvalue weighted by molar-refractivity contribution is 0.122. The predicted molar refractivity (Wildman–Crippen MR) is 102 cm³/mol. The summed E-state index contributed by atoms with van der Waals surface area (Å²) in [5, 5.41) is 12.9. The van der Waals surface area contributed by atoms with Crippen molar-refractivity contribution in [2.75, 3.05) is 54.6 Å². The molecule has 138 valence electrons. The van der Waals surface area contributed by atoms with Crippen molar-refractivity contribution in [3.63, 3.8) is 0 Å². The number of aromatic nitrogens is 2. The highest BCUT2D eigenvalue weighted by Crippen LogP contribution is 2.25. The monoisotopic (exact) mass is 355 g/mol. The molecule has 7 nitrogen and oxygen atoms in total. The Kier molecular flexibility index (Phi) is 5.17. The van der Waals surface area contributed by atoms with E-state index < -0.39 is 0 Å². The molecule has 3 heterocycles. The van der Waals surface area contributed by atoms with Crippen molar-refractivity contribution in [3.8, 4) is 0 Å². The van der Waals surface area contributed by atoms with Gasteiger partial charge in [-0.3, -0.25) is 0 Å². The Morgan fingerprint density at radius 2 is 1.92 bits per heavy atom. The topological polar surface area (TPSA) is 73.8 Å². The first-order valence-electron chi connectivity index (χ1n) is 9.24. The van der Waals surface area contributed by atoms with Crippen LogP contribution in [0.1, 0.15) is 12.8 Å².